The second-order valence-corrected chi connectivity index (χ2v) is 5.27. The first-order valence-corrected chi connectivity index (χ1v) is 5.82. The van der Waals surface area contributed by atoms with Crippen LogP contribution in [0.25, 0.3) is 0 Å². The quantitative estimate of drug-likeness (QED) is 0.710. The molecule has 1 saturated carbocycles. The number of carbonyl (C=O) groups excluding carboxylic acids is 1. The molecule has 88 valence electrons. The molecule has 0 aromatic rings. The van der Waals surface area contributed by atoms with Gasteiger partial charge in [-0.2, -0.15) is 0 Å². The van der Waals surface area contributed by atoms with E-state index in [1.807, 2.05) is 0 Å². The second kappa shape index (κ2) is 5.50. The van der Waals surface area contributed by atoms with Crippen LogP contribution in [0.4, 0.5) is 0 Å². The van der Waals surface area contributed by atoms with Crippen LogP contribution in [0.15, 0.2) is 0 Å². The Morgan fingerprint density at radius 3 is 2.80 bits per heavy atom. The maximum absolute atomic E-state index is 11.5. The highest BCUT2D eigenvalue weighted by molar-refractivity contribution is 5.76. The van der Waals surface area contributed by atoms with Crippen molar-refractivity contribution >= 4 is 5.91 Å². The Kier molecular flexibility index (Phi) is 4.58. The molecule has 0 saturated heterocycles. The normalized spacial score (nSPS) is 24.1. The minimum Gasteiger partial charge on any atom is -0.385 e. The van der Waals surface area contributed by atoms with E-state index in [4.69, 9.17) is 4.74 Å². The molecule has 15 heavy (non-hydrogen) atoms. The first kappa shape index (κ1) is 12.5. The molecule has 3 heteroatoms. The Balaban J connectivity index is 2.16. The lowest BCUT2D eigenvalue weighted by Gasteiger charge is -2.17. The van der Waals surface area contributed by atoms with E-state index in [9.17, 15) is 4.79 Å². The summed E-state index contributed by atoms with van der Waals surface area (Å²) in [5.41, 5.74) is 0.407. The standard InChI is InChI=1S/C12H23NO2/c1-12(2)7-6-10(9-12)13-11(14)5-4-8-15-3/h10H,4-9H2,1-3H3,(H,13,14). The number of carbonyl (C=O) groups is 1. The van der Waals surface area contributed by atoms with Crippen molar-refractivity contribution in [2.45, 2.75) is 52.0 Å². The van der Waals surface area contributed by atoms with Gasteiger partial charge in [-0.25, -0.2) is 0 Å². The third-order valence-corrected chi connectivity index (χ3v) is 3.09. The summed E-state index contributed by atoms with van der Waals surface area (Å²) >= 11 is 0. The fourth-order valence-corrected chi connectivity index (χ4v) is 2.24. The van der Waals surface area contributed by atoms with Crippen LogP contribution >= 0.6 is 0 Å². The molecule has 1 N–H and O–H groups in total. The van der Waals surface area contributed by atoms with Gasteiger partial charge in [0.1, 0.15) is 0 Å². The number of amides is 1. The van der Waals surface area contributed by atoms with Crippen LogP contribution in [0.5, 0.6) is 0 Å². The predicted molar refractivity (Wildman–Crippen MR) is 60.7 cm³/mol. The summed E-state index contributed by atoms with van der Waals surface area (Å²) in [6, 6.07) is 0.398. The number of nitrogens with one attached hydrogen (secondary N) is 1. The average molecular weight is 213 g/mol. The SMILES string of the molecule is COCCCC(=O)NC1CCC(C)(C)C1. The van der Waals surface area contributed by atoms with Gasteiger partial charge in [0.05, 0.1) is 0 Å². The van der Waals surface area contributed by atoms with Crippen molar-refractivity contribution < 1.29 is 9.53 Å². The summed E-state index contributed by atoms with van der Waals surface area (Å²) in [6.45, 7) is 5.21. The Labute approximate surface area is 92.6 Å². The van der Waals surface area contributed by atoms with Gasteiger partial charge in [0.15, 0.2) is 0 Å². The highest BCUT2D eigenvalue weighted by Gasteiger charge is 2.31. The molecule has 1 rings (SSSR count). The van der Waals surface area contributed by atoms with Crippen molar-refractivity contribution in [3.05, 3.63) is 0 Å². The van der Waals surface area contributed by atoms with Crippen molar-refractivity contribution in [2.24, 2.45) is 5.41 Å². The summed E-state index contributed by atoms with van der Waals surface area (Å²) < 4.78 is 4.92. The molecule has 0 bridgehead atoms. The van der Waals surface area contributed by atoms with Crippen LogP contribution in [-0.4, -0.2) is 25.7 Å². The van der Waals surface area contributed by atoms with E-state index < -0.39 is 0 Å². The van der Waals surface area contributed by atoms with Gasteiger partial charge in [-0.15, -0.1) is 0 Å². The molecule has 0 heterocycles. The van der Waals surface area contributed by atoms with Crippen LogP contribution in [0.1, 0.15) is 46.0 Å². The first-order chi connectivity index (χ1) is 7.03. The average Bonchev–Trinajstić information content (AvgIpc) is 2.46. The van der Waals surface area contributed by atoms with E-state index in [0.29, 0.717) is 24.5 Å². The molecule has 0 spiro atoms. The van der Waals surface area contributed by atoms with Gasteiger partial charge >= 0.3 is 0 Å². The summed E-state index contributed by atoms with van der Waals surface area (Å²) in [4.78, 5) is 11.5. The highest BCUT2D eigenvalue weighted by Crippen LogP contribution is 2.36. The minimum atomic E-state index is 0.176. The van der Waals surface area contributed by atoms with Gasteiger partial charge in [0.25, 0.3) is 0 Å². The lowest BCUT2D eigenvalue weighted by atomic mass is 9.92. The largest absolute Gasteiger partial charge is 0.385 e. The number of methoxy groups -OCH3 is 1. The summed E-state index contributed by atoms with van der Waals surface area (Å²) in [7, 11) is 1.66. The molecule has 0 aromatic heterocycles. The van der Waals surface area contributed by atoms with Crippen LogP contribution in [0.2, 0.25) is 0 Å². The van der Waals surface area contributed by atoms with E-state index in [1.54, 1.807) is 7.11 Å². The molecule has 1 unspecified atom stereocenters. The van der Waals surface area contributed by atoms with Gasteiger partial charge in [0.2, 0.25) is 5.91 Å². The highest BCUT2D eigenvalue weighted by atomic mass is 16.5. The maximum atomic E-state index is 11.5. The van der Waals surface area contributed by atoms with E-state index in [-0.39, 0.29) is 5.91 Å². The lowest BCUT2D eigenvalue weighted by molar-refractivity contribution is -0.122. The zero-order chi connectivity index (χ0) is 11.3. The summed E-state index contributed by atoms with van der Waals surface area (Å²) in [5, 5.41) is 3.10. The van der Waals surface area contributed by atoms with Crippen molar-refractivity contribution in [1.29, 1.82) is 0 Å². The molecule has 1 amide bonds. The van der Waals surface area contributed by atoms with Crippen molar-refractivity contribution in [3.8, 4) is 0 Å². The summed E-state index contributed by atoms with van der Waals surface area (Å²) in [5.74, 6) is 0.176. The third kappa shape index (κ3) is 4.65. The zero-order valence-electron chi connectivity index (χ0n) is 10.1. The van der Waals surface area contributed by atoms with Crippen molar-refractivity contribution in [3.63, 3.8) is 0 Å². The summed E-state index contributed by atoms with van der Waals surface area (Å²) in [6.07, 6.45) is 4.87. The molecule has 1 aliphatic rings. The molecule has 1 aliphatic carbocycles. The third-order valence-electron chi connectivity index (χ3n) is 3.09. The van der Waals surface area contributed by atoms with Gasteiger partial charge in [0, 0.05) is 26.2 Å². The van der Waals surface area contributed by atoms with Gasteiger partial charge < -0.3 is 10.1 Å². The number of rotatable bonds is 5. The van der Waals surface area contributed by atoms with Crippen LogP contribution in [-0.2, 0) is 9.53 Å². The van der Waals surface area contributed by atoms with E-state index in [1.165, 1.54) is 6.42 Å². The minimum absolute atomic E-state index is 0.176. The molecular formula is C12H23NO2. The Hall–Kier alpha value is -0.570. The number of hydrogen-bond acceptors (Lipinski definition) is 2. The second-order valence-electron chi connectivity index (χ2n) is 5.27. The molecule has 1 atom stereocenters. The smallest absolute Gasteiger partial charge is 0.220 e. The van der Waals surface area contributed by atoms with Crippen LogP contribution in [0.3, 0.4) is 0 Å². The molecule has 1 fully saturated rings. The van der Waals surface area contributed by atoms with Crippen molar-refractivity contribution in [2.75, 3.05) is 13.7 Å². The van der Waals surface area contributed by atoms with Crippen LogP contribution in [0, 0.1) is 5.41 Å². The van der Waals surface area contributed by atoms with E-state index in [2.05, 4.69) is 19.2 Å². The molecule has 0 aromatic carbocycles. The zero-order valence-corrected chi connectivity index (χ0v) is 10.1. The first-order valence-electron chi connectivity index (χ1n) is 5.82. The lowest BCUT2D eigenvalue weighted by Crippen LogP contribution is -2.33. The van der Waals surface area contributed by atoms with Gasteiger partial charge in [-0.1, -0.05) is 13.8 Å². The fraction of sp³-hybridized carbons (Fsp3) is 0.917. The maximum Gasteiger partial charge on any atom is 0.220 e. The number of ether oxygens (including phenoxy) is 1. The van der Waals surface area contributed by atoms with Gasteiger partial charge in [-0.05, 0) is 31.1 Å². The Bertz CT molecular complexity index is 214. The monoisotopic (exact) mass is 213 g/mol. The Morgan fingerprint density at radius 1 is 1.53 bits per heavy atom. The molecule has 0 radical (unpaired) electrons. The topological polar surface area (TPSA) is 38.3 Å². The fourth-order valence-electron chi connectivity index (χ4n) is 2.24. The molecule has 3 nitrogen and oxygen atoms in total. The van der Waals surface area contributed by atoms with E-state index in [0.717, 1.165) is 19.3 Å². The van der Waals surface area contributed by atoms with E-state index >= 15 is 0 Å². The molecular weight excluding hydrogens is 190 g/mol. The van der Waals surface area contributed by atoms with Crippen molar-refractivity contribution in [1.82, 2.24) is 5.32 Å². The predicted octanol–water partition coefficient (Wildman–Crippen LogP) is 2.11. The Morgan fingerprint density at radius 2 is 2.27 bits per heavy atom. The van der Waals surface area contributed by atoms with Crippen LogP contribution < -0.4 is 5.32 Å². The number of hydrogen-bond donors (Lipinski definition) is 1. The molecule has 0 aliphatic heterocycles. The van der Waals surface area contributed by atoms with Gasteiger partial charge in [-0.3, -0.25) is 4.79 Å².